The number of carbonyl (C=O) groups is 1. The van der Waals surface area contributed by atoms with Crippen LogP contribution in [0.3, 0.4) is 0 Å². The zero-order valence-corrected chi connectivity index (χ0v) is 21.5. The fourth-order valence-corrected chi connectivity index (χ4v) is 3.65. The van der Waals surface area contributed by atoms with Gasteiger partial charge in [0.2, 0.25) is 0 Å². The Bertz CT molecular complexity index is 947. The van der Waals surface area contributed by atoms with Gasteiger partial charge in [0.05, 0.1) is 29.1 Å². The molecule has 180 valence electrons. The number of hydrogen-bond donors (Lipinski definition) is 1. The van der Waals surface area contributed by atoms with E-state index in [9.17, 15) is 4.79 Å². The van der Waals surface area contributed by atoms with Crippen molar-refractivity contribution >= 4 is 18.7 Å². The number of carbonyl (C=O) groups excluding carboxylic acids is 1. The van der Waals surface area contributed by atoms with Crippen LogP contribution in [-0.2, 0) is 14.0 Å². The number of H-pyrrole nitrogens is 1. The summed E-state index contributed by atoms with van der Waals surface area (Å²) in [6, 6.07) is 7.86. The van der Waals surface area contributed by atoms with Crippen LogP contribution < -0.4 is 5.46 Å². The predicted molar refractivity (Wildman–Crippen MR) is 131 cm³/mol. The molecule has 0 bridgehead atoms. The summed E-state index contributed by atoms with van der Waals surface area (Å²) in [7, 11) is -0.391. The first kappa shape index (κ1) is 25.3. The molecular formula is C25H38BN3O4. The van der Waals surface area contributed by atoms with Gasteiger partial charge < -0.3 is 19.0 Å². The molecule has 0 aliphatic carbocycles. The summed E-state index contributed by atoms with van der Waals surface area (Å²) in [6.07, 6.45) is 2.30. The quantitative estimate of drug-likeness (QED) is 0.615. The third kappa shape index (κ3) is 5.61. The van der Waals surface area contributed by atoms with Crippen molar-refractivity contribution in [2.45, 2.75) is 91.6 Å². The molecule has 2 aromatic rings. The van der Waals surface area contributed by atoms with E-state index in [0.29, 0.717) is 6.54 Å². The molecule has 0 radical (unpaired) electrons. The van der Waals surface area contributed by atoms with Gasteiger partial charge in [-0.25, -0.2) is 9.78 Å². The van der Waals surface area contributed by atoms with Gasteiger partial charge in [-0.2, -0.15) is 0 Å². The number of amides is 1. The maximum absolute atomic E-state index is 12.7. The summed E-state index contributed by atoms with van der Waals surface area (Å²) in [4.78, 5) is 22.4. The molecule has 8 heteroatoms. The van der Waals surface area contributed by atoms with Gasteiger partial charge in [0, 0.05) is 6.54 Å². The summed E-state index contributed by atoms with van der Waals surface area (Å²) in [5.41, 5.74) is 1.57. The van der Waals surface area contributed by atoms with Crippen LogP contribution in [0.4, 0.5) is 4.79 Å². The average molecular weight is 455 g/mol. The molecule has 0 unspecified atom stereocenters. The van der Waals surface area contributed by atoms with E-state index in [2.05, 4.69) is 9.97 Å². The molecule has 1 amide bonds. The van der Waals surface area contributed by atoms with Crippen molar-refractivity contribution in [1.29, 1.82) is 0 Å². The number of hydrogen-bond acceptors (Lipinski definition) is 5. The van der Waals surface area contributed by atoms with Crippen molar-refractivity contribution in [3.8, 4) is 11.3 Å². The highest BCUT2D eigenvalue weighted by Gasteiger charge is 2.51. The molecule has 7 nitrogen and oxygen atoms in total. The van der Waals surface area contributed by atoms with Crippen LogP contribution in [0.25, 0.3) is 11.3 Å². The molecule has 1 aliphatic heterocycles. The molecule has 0 saturated carbocycles. The fraction of sp³-hybridized carbons (Fsp3) is 0.600. The van der Waals surface area contributed by atoms with E-state index in [-0.39, 0.29) is 23.3 Å². The Morgan fingerprint density at radius 2 is 1.73 bits per heavy atom. The highest BCUT2D eigenvalue weighted by molar-refractivity contribution is 6.62. The van der Waals surface area contributed by atoms with E-state index in [1.807, 2.05) is 86.6 Å². The second-order valence-electron chi connectivity index (χ2n) is 10.7. The lowest BCUT2D eigenvalue weighted by molar-refractivity contribution is 0.00578. The van der Waals surface area contributed by atoms with Crippen LogP contribution >= 0.6 is 0 Å². The van der Waals surface area contributed by atoms with Crippen molar-refractivity contribution in [2.24, 2.45) is 0 Å². The highest BCUT2D eigenvalue weighted by Crippen LogP contribution is 2.36. The van der Waals surface area contributed by atoms with Crippen molar-refractivity contribution in [3.63, 3.8) is 0 Å². The lowest BCUT2D eigenvalue weighted by Gasteiger charge is -2.32. The number of imidazole rings is 1. The summed E-state index contributed by atoms with van der Waals surface area (Å²) < 4.78 is 17.9. The smallest absolute Gasteiger partial charge is 0.444 e. The topological polar surface area (TPSA) is 76.7 Å². The Balaban J connectivity index is 1.75. The predicted octanol–water partition coefficient (Wildman–Crippen LogP) is 5.08. The van der Waals surface area contributed by atoms with Gasteiger partial charge in [-0.15, -0.1) is 0 Å². The number of rotatable bonds is 6. The molecule has 1 aromatic carbocycles. The molecule has 1 atom stereocenters. The molecule has 1 N–H and O–H groups in total. The number of aromatic amines is 1. The van der Waals surface area contributed by atoms with Crippen molar-refractivity contribution in [3.05, 3.63) is 36.3 Å². The molecule has 1 aromatic heterocycles. The number of nitrogens with zero attached hydrogens (tertiary/aromatic N) is 2. The normalized spacial score (nSPS) is 18.3. The Morgan fingerprint density at radius 1 is 1.15 bits per heavy atom. The minimum atomic E-state index is -0.546. The third-order valence-corrected chi connectivity index (χ3v) is 6.30. The summed E-state index contributed by atoms with van der Waals surface area (Å²) in [5.74, 6) is 0.722. The fourth-order valence-electron chi connectivity index (χ4n) is 3.65. The van der Waals surface area contributed by atoms with Crippen molar-refractivity contribution < 1.29 is 18.8 Å². The Hall–Kier alpha value is -2.32. The number of ether oxygens (including phenoxy) is 1. The Kier molecular flexibility index (Phi) is 7.01. The number of aromatic nitrogens is 2. The standard InChI is InChI=1S/C25H38BN3O4/c1-10-15-29(22(30)31-23(3,4)5)17(2)21-27-16-20(28-21)18-11-13-19(14-12-18)26-32-24(6,7)25(8,9)33-26/h11-14,16-17H,10,15H2,1-9H3,(H,27,28)/t17-/m0/s1. The molecule has 3 rings (SSSR count). The van der Waals surface area contributed by atoms with Gasteiger partial charge >= 0.3 is 13.2 Å². The van der Waals surface area contributed by atoms with Crippen LogP contribution in [0.1, 0.15) is 80.6 Å². The number of nitrogens with one attached hydrogen (secondary N) is 1. The summed E-state index contributed by atoms with van der Waals surface area (Å²) in [5, 5.41) is 0. The van der Waals surface area contributed by atoms with E-state index in [0.717, 1.165) is 29.0 Å². The minimum Gasteiger partial charge on any atom is -0.444 e. The third-order valence-electron chi connectivity index (χ3n) is 6.30. The lowest BCUT2D eigenvalue weighted by Crippen LogP contribution is -2.41. The van der Waals surface area contributed by atoms with Crippen LogP contribution in [0.2, 0.25) is 0 Å². The van der Waals surface area contributed by atoms with Crippen molar-refractivity contribution in [2.75, 3.05) is 6.54 Å². The van der Waals surface area contributed by atoms with E-state index in [1.54, 1.807) is 11.1 Å². The van der Waals surface area contributed by atoms with E-state index < -0.39 is 12.7 Å². The first-order chi connectivity index (χ1) is 15.2. The number of benzene rings is 1. The van der Waals surface area contributed by atoms with Crippen LogP contribution in [-0.4, -0.2) is 51.4 Å². The molecule has 1 aliphatic rings. The zero-order valence-electron chi connectivity index (χ0n) is 21.5. The van der Waals surface area contributed by atoms with Crippen LogP contribution in [0.15, 0.2) is 30.5 Å². The molecular weight excluding hydrogens is 417 g/mol. The van der Waals surface area contributed by atoms with Crippen molar-refractivity contribution in [1.82, 2.24) is 14.9 Å². The second kappa shape index (κ2) is 9.14. The Morgan fingerprint density at radius 3 is 2.24 bits per heavy atom. The summed E-state index contributed by atoms with van der Waals surface area (Å²) in [6.45, 7) is 18.4. The lowest BCUT2D eigenvalue weighted by atomic mass is 9.79. The molecule has 0 spiro atoms. The second-order valence-corrected chi connectivity index (χ2v) is 10.7. The highest BCUT2D eigenvalue weighted by atomic mass is 16.7. The van der Waals surface area contributed by atoms with E-state index >= 15 is 0 Å². The van der Waals surface area contributed by atoms with Gasteiger partial charge in [0.25, 0.3) is 0 Å². The van der Waals surface area contributed by atoms with Gasteiger partial charge in [-0.05, 0) is 72.8 Å². The maximum atomic E-state index is 12.7. The van der Waals surface area contributed by atoms with Gasteiger partial charge in [-0.3, -0.25) is 4.90 Å². The maximum Gasteiger partial charge on any atom is 0.494 e. The van der Waals surface area contributed by atoms with Gasteiger partial charge in [-0.1, -0.05) is 31.2 Å². The first-order valence-electron chi connectivity index (χ1n) is 11.7. The molecule has 1 saturated heterocycles. The average Bonchev–Trinajstić information content (AvgIpc) is 3.27. The van der Waals surface area contributed by atoms with E-state index in [4.69, 9.17) is 14.0 Å². The van der Waals surface area contributed by atoms with Gasteiger partial charge in [0.15, 0.2) is 0 Å². The minimum absolute atomic E-state index is 0.238. The SMILES string of the molecule is CCCN(C(=O)OC(C)(C)C)[C@@H](C)c1ncc(-c2ccc(B3OC(C)(C)C(C)(C)O3)cc2)[nH]1. The summed E-state index contributed by atoms with van der Waals surface area (Å²) >= 11 is 0. The van der Waals surface area contributed by atoms with Crippen LogP contribution in [0.5, 0.6) is 0 Å². The Labute approximate surface area is 198 Å². The van der Waals surface area contributed by atoms with E-state index in [1.165, 1.54) is 0 Å². The van der Waals surface area contributed by atoms with Crippen LogP contribution in [0, 0.1) is 0 Å². The molecule has 33 heavy (non-hydrogen) atoms. The van der Waals surface area contributed by atoms with Gasteiger partial charge in [0.1, 0.15) is 11.4 Å². The first-order valence-corrected chi connectivity index (χ1v) is 11.7. The largest absolute Gasteiger partial charge is 0.494 e. The molecule has 1 fully saturated rings. The zero-order chi connectivity index (χ0) is 24.6. The monoisotopic (exact) mass is 455 g/mol. The molecule has 2 heterocycles.